The van der Waals surface area contributed by atoms with Gasteiger partial charge in [-0.3, -0.25) is 9.52 Å². The second-order valence-electron chi connectivity index (χ2n) is 4.67. The number of rotatable bonds is 6. The van der Waals surface area contributed by atoms with Gasteiger partial charge < -0.3 is 10.9 Å². The van der Waals surface area contributed by atoms with E-state index in [9.17, 15) is 13.6 Å². The second-order valence-corrected chi connectivity index (χ2v) is 6.68. The minimum atomic E-state index is -0.768. The van der Waals surface area contributed by atoms with Gasteiger partial charge in [0.2, 0.25) is 0 Å². The first-order valence-electron chi connectivity index (χ1n) is 6.63. The number of nitrogens with one attached hydrogen (secondary N) is 1. The summed E-state index contributed by atoms with van der Waals surface area (Å²) in [6.45, 7) is 0. The molecular formula is C15H13F2N3O2S2. The standard InChI is InChI=1S/C15H13F2N3O2S2/c16-10-5-9(6-11(17)8-10)7-14(19-22)15(21)20-24-23-13-3-1-12(18)2-4-13/h1-6,8,22H,7,18H2,(H,20,21)/b19-14-. The van der Waals surface area contributed by atoms with Crippen molar-refractivity contribution < 1.29 is 18.8 Å². The van der Waals surface area contributed by atoms with Crippen LogP contribution in [-0.4, -0.2) is 16.8 Å². The quantitative estimate of drug-likeness (QED) is 0.181. The minimum Gasteiger partial charge on any atom is -0.410 e. The van der Waals surface area contributed by atoms with Crippen LogP contribution in [0.1, 0.15) is 5.56 Å². The molecule has 2 aromatic rings. The third-order valence-corrected chi connectivity index (χ3v) is 4.72. The summed E-state index contributed by atoms with van der Waals surface area (Å²) in [5.41, 5.74) is 6.13. The van der Waals surface area contributed by atoms with Gasteiger partial charge in [-0.05, 0) is 52.8 Å². The minimum absolute atomic E-state index is 0.187. The van der Waals surface area contributed by atoms with Crippen molar-refractivity contribution in [1.29, 1.82) is 0 Å². The smallest absolute Gasteiger partial charge is 0.279 e. The van der Waals surface area contributed by atoms with Crippen LogP contribution in [0, 0.1) is 11.6 Å². The molecule has 0 spiro atoms. The van der Waals surface area contributed by atoms with Gasteiger partial charge in [-0.2, -0.15) is 0 Å². The van der Waals surface area contributed by atoms with Crippen molar-refractivity contribution >= 4 is 39.1 Å². The Morgan fingerprint density at radius 3 is 2.38 bits per heavy atom. The number of carbonyl (C=O) groups is 1. The normalized spacial score (nSPS) is 11.3. The topological polar surface area (TPSA) is 87.7 Å². The fraction of sp³-hybridized carbons (Fsp3) is 0.0667. The molecule has 24 heavy (non-hydrogen) atoms. The summed E-state index contributed by atoms with van der Waals surface area (Å²) in [6.07, 6.45) is -0.204. The van der Waals surface area contributed by atoms with E-state index in [1.165, 1.54) is 10.8 Å². The molecule has 0 unspecified atom stereocenters. The fourth-order valence-electron chi connectivity index (χ4n) is 1.76. The Labute approximate surface area is 144 Å². The van der Waals surface area contributed by atoms with E-state index in [1.807, 2.05) is 0 Å². The summed E-state index contributed by atoms with van der Waals surface area (Å²) in [5.74, 6) is -2.19. The molecule has 0 aliphatic heterocycles. The first-order valence-corrected chi connectivity index (χ1v) is 8.78. The molecule has 5 nitrogen and oxygen atoms in total. The van der Waals surface area contributed by atoms with Crippen molar-refractivity contribution in [2.75, 3.05) is 5.73 Å². The Hall–Kier alpha value is -2.26. The molecule has 0 atom stereocenters. The Morgan fingerprint density at radius 1 is 1.17 bits per heavy atom. The van der Waals surface area contributed by atoms with Crippen molar-refractivity contribution in [3.63, 3.8) is 0 Å². The van der Waals surface area contributed by atoms with E-state index in [4.69, 9.17) is 10.9 Å². The van der Waals surface area contributed by atoms with Gasteiger partial charge in [0.1, 0.15) is 17.3 Å². The number of carbonyl (C=O) groups excluding carboxylic acids is 1. The number of hydrogen-bond acceptors (Lipinski definition) is 6. The molecule has 0 aromatic heterocycles. The molecule has 0 fully saturated rings. The lowest BCUT2D eigenvalue weighted by Gasteiger charge is -2.06. The monoisotopic (exact) mass is 369 g/mol. The number of nitrogens with two attached hydrogens (primary N) is 1. The van der Waals surface area contributed by atoms with E-state index >= 15 is 0 Å². The van der Waals surface area contributed by atoms with Crippen molar-refractivity contribution in [2.24, 2.45) is 5.16 Å². The van der Waals surface area contributed by atoms with Gasteiger partial charge in [0, 0.05) is 34.0 Å². The Kier molecular flexibility index (Phi) is 6.44. The molecule has 2 rings (SSSR count). The molecule has 1 amide bonds. The largest absolute Gasteiger partial charge is 0.410 e. The third kappa shape index (κ3) is 5.43. The van der Waals surface area contributed by atoms with Crippen molar-refractivity contribution in [2.45, 2.75) is 11.3 Å². The SMILES string of the molecule is Nc1ccc(SSNC(=O)/C(Cc2cc(F)cc(F)c2)=N\O)cc1. The summed E-state index contributed by atoms with van der Waals surface area (Å²) in [5, 5.41) is 11.9. The molecule has 0 saturated heterocycles. The van der Waals surface area contributed by atoms with Crippen LogP contribution >= 0.6 is 21.8 Å². The average Bonchev–Trinajstić information content (AvgIpc) is 2.53. The molecule has 126 valence electrons. The number of hydrogen-bond donors (Lipinski definition) is 3. The molecule has 0 saturated carbocycles. The summed E-state index contributed by atoms with van der Waals surface area (Å²) in [7, 11) is 2.29. The average molecular weight is 369 g/mol. The lowest BCUT2D eigenvalue weighted by Crippen LogP contribution is -2.27. The van der Waals surface area contributed by atoms with Crippen molar-refractivity contribution in [3.05, 3.63) is 59.7 Å². The summed E-state index contributed by atoms with van der Waals surface area (Å²) in [6, 6.07) is 9.88. The van der Waals surface area contributed by atoms with Crippen molar-refractivity contribution in [1.82, 2.24) is 4.72 Å². The van der Waals surface area contributed by atoms with Crippen LogP contribution in [0.25, 0.3) is 0 Å². The van der Waals surface area contributed by atoms with Crippen LogP contribution in [-0.2, 0) is 11.2 Å². The molecule has 4 N–H and O–H groups in total. The highest BCUT2D eigenvalue weighted by molar-refractivity contribution is 8.76. The first-order chi connectivity index (χ1) is 11.5. The Balaban J connectivity index is 1.90. The van der Waals surface area contributed by atoms with Gasteiger partial charge in [0.25, 0.3) is 5.91 Å². The van der Waals surface area contributed by atoms with E-state index in [0.717, 1.165) is 34.1 Å². The number of oxime groups is 1. The van der Waals surface area contributed by atoms with Crippen LogP contribution in [0.2, 0.25) is 0 Å². The highest BCUT2D eigenvalue weighted by Crippen LogP contribution is 2.28. The third-order valence-electron chi connectivity index (χ3n) is 2.83. The van der Waals surface area contributed by atoms with Crippen LogP contribution in [0.4, 0.5) is 14.5 Å². The van der Waals surface area contributed by atoms with Gasteiger partial charge in [-0.1, -0.05) is 5.16 Å². The molecular weight excluding hydrogens is 356 g/mol. The molecule has 9 heteroatoms. The number of anilines is 1. The maximum Gasteiger partial charge on any atom is 0.279 e. The number of nitrogens with zero attached hydrogens (tertiary/aromatic N) is 1. The van der Waals surface area contributed by atoms with Crippen LogP contribution in [0.3, 0.4) is 0 Å². The van der Waals surface area contributed by atoms with E-state index in [1.54, 1.807) is 24.3 Å². The summed E-state index contributed by atoms with van der Waals surface area (Å²) >= 11 is 0. The molecule has 0 heterocycles. The van der Waals surface area contributed by atoms with E-state index in [0.29, 0.717) is 5.69 Å². The van der Waals surface area contributed by atoms with E-state index in [2.05, 4.69) is 9.88 Å². The number of halogens is 2. The maximum atomic E-state index is 13.1. The lowest BCUT2D eigenvalue weighted by molar-refractivity contribution is -0.113. The highest BCUT2D eigenvalue weighted by atomic mass is 33.1. The number of amides is 1. The van der Waals surface area contributed by atoms with Gasteiger partial charge in [0.05, 0.1) is 0 Å². The van der Waals surface area contributed by atoms with Gasteiger partial charge in [-0.15, -0.1) is 0 Å². The van der Waals surface area contributed by atoms with Crippen LogP contribution in [0.5, 0.6) is 0 Å². The lowest BCUT2D eigenvalue weighted by atomic mass is 10.1. The second kappa shape index (κ2) is 8.55. The number of benzene rings is 2. The Morgan fingerprint density at radius 2 is 1.79 bits per heavy atom. The predicted octanol–water partition coefficient (Wildman–Crippen LogP) is 3.39. The first kappa shape index (κ1) is 18.1. The zero-order valence-corrected chi connectivity index (χ0v) is 13.8. The molecule has 0 radical (unpaired) electrons. The fourth-order valence-corrected chi connectivity index (χ4v) is 3.31. The Bertz CT molecular complexity index is 735. The van der Waals surface area contributed by atoms with Crippen LogP contribution in [0.15, 0.2) is 52.5 Å². The van der Waals surface area contributed by atoms with E-state index < -0.39 is 17.5 Å². The molecule has 0 aliphatic rings. The zero-order valence-electron chi connectivity index (χ0n) is 12.2. The maximum absolute atomic E-state index is 13.1. The van der Waals surface area contributed by atoms with Gasteiger partial charge in [0.15, 0.2) is 0 Å². The molecule has 2 aromatic carbocycles. The zero-order chi connectivity index (χ0) is 17.5. The highest BCUT2D eigenvalue weighted by Gasteiger charge is 2.14. The van der Waals surface area contributed by atoms with E-state index in [-0.39, 0.29) is 17.7 Å². The van der Waals surface area contributed by atoms with Gasteiger partial charge >= 0.3 is 0 Å². The van der Waals surface area contributed by atoms with Gasteiger partial charge in [-0.25, -0.2) is 8.78 Å². The molecule has 0 bridgehead atoms. The number of nitrogen functional groups attached to an aromatic ring is 1. The molecule has 0 aliphatic carbocycles. The van der Waals surface area contributed by atoms with Crippen LogP contribution < -0.4 is 10.5 Å². The predicted molar refractivity (Wildman–Crippen MR) is 91.7 cm³/mol. The summed E-state index contributed by atoms with van der Waals surface area (Å²) in [4.78, 5) is 12.8. The van der Waals surface area contributed by atoms with Crippen molar-refractivity contribution in [3.8, 4) is 0 Å². The summed E-state index contributed by atoms with van der Waals surface area (Å²) < 4.78 is 28.8.